The number of fused-ring (bicyclic) bond motifs is 1. The molecule has 0 aliphatic carbocycles. The van der Waals surface area contributed by atoms with E-state index >= 15 is 0 Å². The Hall–Kier alpha value is -1.29. The highest BCUT2D eigenvalue weighted by Crippen LogP contribution is 2.23. The van der Waals surface area contributed by atoms with Gasteiger partial charge in [-0.2, -0.15) is 0 Å². The molecule has 0 aliphatic rings. The van der Waals surface area contributed by atoms with Crippen LogP contribution < -0.4 is 0 Å². The van der Waals surface area contributed by atoms with Crippen LogP contribution in [0.3, 0.4) is 0 Å². The Bertz CT molecular complexity index is 487. The van der Waals surface area contributed by atoms with Crippen molar-refractivity contribution >= 4 is 32.9 Å². The fourth-order valence-electron chi connectivity index (χ4n) is 1.30. The average molecular weight is 255 g/mol. The zero-order chi connectivity index (χ0) is 10.1. The molecule has 0 fully saturated rings. The Labute approximate surface area is 88.5 Å². The summed E-state index contributed by atoms with van der Waals surface area (Å²) < 4.78 is 6.27. The van der Waals surface area contributed by atoms with Crippen LogP contribution >= 0.6 is 15.9 Å². The lowest BCUT2D eigenvalue weighted by atomic mass is 10.2. The minimum Gasteiger partial charge on any atom is -0.481 e. The molecule has 4 heteroatoms. The molecule has 1 heterocycles. The first kappa shape index (κ1) is 9.27. The topological polar surface area (TPSA) is 50.4 Å². The van der Waals surface area contributed by atoms with Gasteiger partial charge in [-0.1, -0.05) is 15.9 Å². The Kier molecular flexibility index (Phi) is 2.29. The molecular formula is C10H7BrO3. The third-order valence-electron chi connectivity index (χ3n) is 1.86. The van der Waals surface area contributed by atoms with Gasteiger partial charge in [-0.15, -0.1) is 0 Å². The third-order valence-corrected chi connectivity index (χ3v) is 2.35. The maximum absolute atomic E-state index is 10.4. The van der Waals surface area contributed by atoms with Crippen LogP contribution in [0.4, 0.5) is 0 Å². The normalized spacial score (nSPS) is 10.6. The Balaban J connectivity index is 2.46. The largest absolute Gasteiger partial charge is 0.481 e. The van der Waals surface area contributed by atoms with Crippen molar-refractivity contribution in [1.29, 1.82) is 0 Å². The van der Waals surface area contributed by atoms with Gasteiger partial charge >= 0.3 is 5.97 Å². The van der Waals surface area contributed by atoms with Crippen molar-refractivity contribution in [2.75, 3.05) is 0 Å². The van der Waals surface area contributed by atoms with Crippen LogP contribution in [0.1, 0.15) is 5.76 Å². The lowest BCUT2D eigenvalue weighted by Crippen LogP contribution is -1.97. The van der Waals surface area contributed by atoms with Gasteiger partial charge < -0.3 is 9.52 Å². The Morgan fingerprint density at radius 1 is 1.43 bits per heavy atom. The van der Waals surface area contributed by atoms with Crippen LogP contribution in [-0.4, -0.2) is 11.1 Å². The number of halogens is 1. The predicted molar refractivity (Wildman–Crippen MR) is 55.3 cm³/mol. The Morgan fingerprint density at radius 3 is 2.93 bits per heavy atom. The fourth-order valence-corrected chi connectivity index (χ4v) is 1.64. The van der Waals surface area contributed by atoms with Gasteiger partial charge in [-0.05, 0) is 24.3 Å². The zero-order valence-corrected chi connectivity index (χ0v) is 8.74. The number of benzene rings is 1. The first-order valence-corrected chi connectivity index (χ1v) is 4.84. The van der Waals surface area contributed by atoms with Gasteiger partial charge in [0.2, 0.25) is 0 Å². The van der Waals surface area contributed by atoms with Crippen molar-refractivity contribution in [3.8, 4) is 0 Å². The van der Waals surface area contributed by atoms with Gasteiger partial charge in [0.1, 0.15) is 17.8 Å². The lowest BCUT2D eigenvalue weighted by Gasteiger charge is -1.89. The van der Waals surface area contributed by atoms with Crippen molar-refractivity contribution in [2.24, 2.45) is 0 Å². The summed E-state index contributed by atoms with van der Waals surface area (Å²) in [4.78, 5) is 10.4. The number of carbonyl (C=O) groups is 1. The number of hydrogen-bond acceptors (Lipinski definition) is 2. The number of hydrogen-bond donors (Lipinski definition) is 1. The average Bonchev–Trinajstić information content (AvgIpc) is 2.44. The van der Waals surface area contributed by atoms with Crippen LogP contribution in [0, 0.1) is 0 Å². The number of rotatable bonds is 2. The number of aliphatic carboxylic acids is 1. The molecule has 0 atom stereocenters. The maximum atomic E-state index is 10.4. The molecule has 0 amide bonds. The van der Waals surface area contributed by atoms with E-state index in [-0.39, 0.29) is 6.42 Å². The minimum atomic E-state index is -0.886. The van der Waals surface area contributed by atoms with E-state index in [9.17, 15) is 4.79 Å². The molecule has 72 valence electrons. The molecule has 1 aromatic heterocycles. The summed E-state index contributed by atoms with van der Waals surface area (Å²) in [5.41, 5.74) is 0.704. The van der Waals surface area contributed by atoms with Crippen molar-refractivity contribution in [3.63, 3.8) is 0 Å². The fraction of sp³-hybridized carbons (Fsp3) is 0.100. The second-order valence-corrected chi connectivity index (χ2v) is 3.88. The summed E-state index contributed by atoms with van der Waals surface area (Å²) in [5, 5.41) is 9.50. The van der Waals surface area contributed by atoms with E-state index in [4.69, 9.17) is 9.52 Å². The summed E-state index contributed by atoms with van der Waals surface area (Å²) in [6.07, 6.45) is -0.0771. The summed E-state index contributed by atoms with van der Waals surface area (Å²) in [7, 11) is 0. The summed E-state index contributed by atoms with van der Waals surface area (Å²) in [5.74, 6) is -0.409. The second kappa shape index (κ2) is 3.46. The van der Waals surface area contributed by atoms with Crippen molar-refractivity contribution in [2.45, 2.75) is 6.42 Å². The van der Waals surface area contributed by atoms with Gasteiger partial charge in [0.05, 0.1) is 0 Å². The van der Waals surface area contributed by atoms with E-state index in [0.29, 0.717) is 11.3 Å². The van der Waals surface area contributed by atoms with Gasteiger partial charge in [-0.25, -0.2) is 0 Å². The monoisotopic (exact) mass is 254 g/mol. The Morgan fingerprint density at radius 2 is 2.21 bits per heavy atom. The van der Waals surface area contributed by atoms with E-state index in [1.165, 1.54) is 0 Å². The highest BCUT2D eigenvalue weighted by molar-refractivity contribution is 9.10. The van der Waals surface area contributed by atoms with Crippen molar-refractivity contribution in [3.05, 3.63) is 34.5 Å². The standard InChI is InChI=1S/C10H7BrO3/c11-7-2-1-6-3-8(5-10(12)13)14-9(6)4-7/h1-4H,5H2,(H,12,13). The molecular weight excluding hydrogens is 248 g/mol. The number of carboxylic acid groups (broad SMARTS) is 1. The lowest BCUT2D eigenvalue weighted by molar-refractivity contribution is -0.136. The number of carboxylic acids is 1. The molecule has 1 N–H and O–H groups in total. The van der Waals surface area contributed by atoms with E-state index in [2.05, 4.69) is 15.9 Å². The summed E-state index contributed by atoms with van der Waals surface area (Å²) in [6, 6.07) is 7.34. The SMILES string of the molecule is O=C(O)Cc1cc2ccc(Br)cc2o1. The third kappa shape index (κ3) is 1.80. The summed E-state index contributed by atoms with van der Waals surface area (Å²) >= 11 is 3.32. The van der Waals surface area contributed by atoms with Crippen LogP contribution in [0.25, 0.3) is 11.0 Å². The molecule has 14 heavy (non-hydrogen) atoms. The van der Waals surface area contributed by atoms with Crippen molar-refractivity contribution < 1.29 is 14.3 Å². The molecule has 0 unspecified atom stereocenters. The molecule has 1 aromatic carbocycles. The van der Waals surface area contributed by atoms with Crippen LogP contribution in [0.5, 0.6) is 0 Å². The van der Waals surface area contributed by atoms with Crippen LogP contribution in [-0.2, 0) is 11.2 Å². The van der Waals surface area contributed by atoms with Gasteiger partial charge in [0.15, 0.2) is 0 Å². The van der Waals surface area contributed by atoms with E-state index in [1.807, 2.05) is 18.2 Å². The molecule has 2 aromatic rings. The first-order chi connectivity index (χ1) is 6.65. The molecule has 0 bridgehead atoms. The molecule has 0 saturated carbocycles. The van der Waals surface area contributed by atoms with E-state index in [0.717, 1.165) is 9.86 Å². The summed E-state index contributed by atoms with van der Waals surface area (Å²) in [6.45, 7) is 0. The van der Waals surface area contributed by atoms with Crippen LogP contribution in [0.15, 0.2) is 33.2 Å². The molecule has 0 spiro atoms. The smallest absolute Gasteiger partial charge is 0.311 e. The van der Waals surface area contributed by atoms with E-state index < -0.39 is 5.97 Å². The van der Waals surface area contributed by atoms with Gasteiger partial charge in [0, 0.05) is 9.86 Å². The quantitative estimate of drug-likeness (QED) is 0.897. The van der Waals surface area contributed by atoms with Crippen LogP contribution in [0.2, 0.25) is 0 Å². The molecule has 3 nitrogen and oxygen atoms in total. The molecule has 0 radical (unpaired) electrons. The molecule has 2 rings (SSSR count). The molecule has 0 saturated heterocycles. The van der Waals surface area contributed by atoms with Gasteiger partial charge in [0.25, 0.3) is 0 Å². The second-order valence-electron chi connectivity index (χ2n) is 2.97. The highest BCUT2D eigenvalue weighted by atomic mass is 79.9. The number of furan rings is 1. The minimum absolute atomic E-state index is 0.0771. The maximum Gasteiger partial charge on any atom is 0.311 e. The van der Waals surface area contributed by atoms with Crippen molar-refractivity contribution in [1.82, 2.24) is 0 Å². The predicted octanol–water partition coefficient (Wildman–Crippen LogP) is 2.82. The zero-order valence-electron chi connectivity index (χ0n) is 7.16. The first-order valence-electron chi connectivity index (χ1n) is 4.05. The highest BCUT2D eigenvalue weighted by Gasteiger charge is 2.07. The molecule has 0 aliphatic heterocycles. The van der Waals surface area contributed by atoms with E-state index in [1.54, 1.807) is 6.07 Å². The van der Waals surface area contributed by atoms with Gasteiger partial charge in [-0.3, -0.25) is 4.79 Å².